The second-order valence-electron chi connectivity index (χ2n) is 4.17. The third-order valence-electron chi connectivity index (χ3n) is 2.80. The lowest BCUT2D eigenvalue weighted by Gasteiger charge is -2.24. The first-order chi connectivity index (χ1) is 7.81. The molecule has 0 saturated heterocycles. The smallest absolute Gasteiger partial charge is 0.315 e. The van der Waals surface area contributed by atoms with E-state index in [9.17, 15) is 0 Å². The van der Waals surface area contributed by atoms with Gasteiger partial charge < -0.3 is 9.73 Å². The van der Waals surface area contributed by atoms with Crippen LogP contribution in [0.25, 0.3) is 10.8 Å². The number of nitrogens with one attached hydrogen (secondary N) is 1. The molecular formula is C11H13N3OS. The van der Waals surface area contributed by atoms with Crippen LogP contribution in [0.2, 0.25) is 0 Å². The highest BCUT2D eigenvalue weighted by atomic mass is 32.1. The predicted molar refractivity (Wildman–Crippen MR) is 63.6 cm³/mol. The molecule has 1 aliphatic carbocycles. The molecule has 1 fully saturated rings. The van der Waals surface area contributed by atoms with Crippen LogP contribution >= 0.6 is 11.3 Å². The number of hydrogen-bond acceptors (Lipinski definition) is 5. The highest BCUT2D eigenvalue weighted by molar-refractivity contribution is 7.13. The largest absolute Gasteiger partial charge is 0.403 e. The van der Waals surface area contributed by atoms with Crippen LogP contribution in [0.3, 0.4) is 0 Å². The molecule has 84 valence electrons. The quantitative estimate of drug-likeness (QED) is 0.888. The molecule has 1 N–H and O–H groups in total. The van der Waals surface area contributed by atoms with Crippen molar-refractivity contribution in [3.63, 3.8) is 0 Å². The number of aromatic nitrogens is 2. The highest BCUT2D eigenvalue weighted by Crippen LogP contribution is 2.28. The summed E-state index contributed by atoms with van der Waals surface area (Å²) >= 11 is 1.63. The molecule has 0 bridgehead atoms. The molecule has 1 saturated carbocycles. The predicted octanol–water partition coefficient (Wildman–Crippen LogP) is 3.07. The molecule has 0 unspecified atom stereocenters. The minimum Gasteiger partial charge on any atom is -0.403 e. The summed E-state index contributed by atoms with van der Waals surface area (Å²) in [7, 11) is 0. The van der Waals surface area contributed by atoms with Gasteiger partial charge in [-0.15, -0.1) is 16.4 Å². The molecule has 2 aromatic heterocycles. The summed E-state index contributed by atoms with van der Waals surface area (Å²) in [5.74, 6) is 0.611. The topological polar surface area (TPSA) is 51.0 Å². The van der Waals surface area contributed by atoms with Crippen molar-refractivity contribution in [3.05, 3.63) is 17.0 Å². The molecule has 4 nitrogen and oxygen atoms in total. The van der Waals surface area contributed by atoms with Gasteiger partial charge in [0.05, 0.1) is 4.88 Å². The fourth-order valence-electron chi connectivity index (χ4n) is 1.65. The van der Waals surface area contributed by atoms with E-state index in [4.69, 9.17) is 4.42 Å². The Kier molecular flexibility index (Phi) is 2.40. The van der Waals surface area contributed by atoms with Gasteiger partial charge in [0.15, 0.2) is 0 Å². The fraction of sp³-hybridized carbons (Fsp3) is 0.455. The lowest BCUT2D eigenvalue weighted by Crippen LogP contribution is -2.27. The number of aryl methyl sites for hydroxylation is 1. The van der Waals surface area contributed by atoms with Crippen molar-refractivity contribution < 1.29 is 4.42 Å². The van der Waals surface area contributed by atoms with E-state index in [1.165, 1.54) is 24.8 Å². The molecular weight excluding hydrogens is 222 g/mol. The van der Waals surface area contributed by atoms with E-state index in [0.29, 0.717) is 17.9 Å². The molecule has 16 heavy (non-hydrogen) atoms. The summed E-state index contributed by atoms with van der Waals surface area (Å²) in [4.78, 5) is 1.03. The van der Waals surface area contributed by atoms with Gasteiger partial charge in [-0.05, 0) is 43.2 Å². The van der Waals surface area contributed by atoms with Crippen LogP contribution in [0.15, 0.2) is 15.9 Å². The standard InChI is InChI=1S/C11H13N3OS/c1-7-5-9(16-6-7)10-13-14-11(15-10)12-8-3-2-4-8/h5-6,8H,2-4H2,1H3,(H,12,14). The molecule has 3 rings (SSSR count). The van der Waals surface area contributed by atoms with Crippen molar-refractivity contribution in [1.82, 2.24) is 10.2 Å². The number of nitrogens with zero attached hydrogens (tertiary/aromatic N) is 2. The summed E-state index contributed by atoms with van der Waals surface area (Å²) in [6.07, 6.45) is 3.70. The second kappa shape index (κ2) is 3.90. The van der Waals surface area contributed by atoms with Gasteiger partial charge >= 0.3 is 6.01 Å². The maximum absolute atomic E-state index is 5.57. The van der Waals surface area contributed by atoms with E-state index in [2.05, 4.69) is 33.9 Å². The van der Waals surface area contributed by atoms with Crippen LogP contribution in [-0.4, -0.2) is 16.2 Å². The van der Waals surface area contributed by atoms with Crippen molar-refractivity contribution in [2.24, 2.45) is 0 Å². The third-order valence-corrected chi connectivity index (χ3v) is 3.84. The number of rotatable bonds is 3. The second-order valence-corrected chi connectivity index (χ2v) is 5.08. The van der Waals surface area contributed by atoms with Crippen LogP contribution in [-0.2, 0) is 0 Å². The van der Waals surface area contributed by atoms with Gasteiger partial charge in [0, 0.05) is 6.04 Å². The SMILES string of the molecule is Cc1csc(-c2nnc(NC3CCC3)o2)c1. The van der Waals surface area contributed by atoms with E-state index >= 15 is 0 Å². The average Bonchev–Trinajstić information content (AvgIpc) is 2.80. The maximum atomic E-state index is 5.57. The van der Waals surface area contributed by atoms with Crippen molar-refractivity contribution >= 4 is 17.4 Å². The molecule has 0 atom stereocenters. The van der Waals surface area contributed by atoms with Gasteiger partial charge in [0.2, 0.25) is 0 Å². The minimum atomic E-state index is 0.526. The van der Waals surface area contributed by atoms with Crippen LogP contribution in [0, 0.1) is 6.92 Å². The molecule has 0 aliphatic heterocycles. The normalized spacial score (nSPS) is 16.1. The van der Waals surface area contributed by atoms with Gasteiger partial charge in [0.25, 0.3) is 5.89 Å². The molecule has 0 radical (unpaired) electrons. The zero-order valence-electron chi connectivity index (χ0n) is 9.06. The molecule has 0 aromatic carbocycles. The summed E-state index contributed by atoms with van der Waals surface area (Å²) in [5, 5.41) is 13.4. The fourth-order valence-corrected chi connectivity index (χ4v) is 2.47. The third kappa shape index (κ3) is 1.82. The molecule has 5 heteroatoms. The molecule has 0 spiro atoms. The Labute approximate surface area is 97.7 Å². The van der Waals surface area contributed by atoms with Crippen LogP contribution in [0.4, 0.5) is 6.01 Å². The van der Waals surface area contributed by atoms with Crippen LogP contribution in [0.1, 0.15) is 24.8 Å². The van der Waals surface area contributed by atoms with E-state index in [-0.39, 0.29) is 0 Å². The first kappa shape index (κ1) is 9.84. The average molecular weight is 235 g/mol. The Bertz CT molecular complexity index is 487. The zero-order valence-corrected chi connectivity index (χ0v) is 9.88. The molecule has 2 heterocycles. The van der Waals surface area contributed by atoms with Crippen molar-refractivity contribution in [2.75, 3.05) is 5.32 Å². The minimum absolute atomic E-state index is 0.526. The molecule has 2 aromatic rings. The van der Waals surface area contributed by atoms with E-state index in [1.807, 2.05) is 0 Å². The number of thiophene rings is 1. The number of hydrogen-bond donors (Lipinski definition) is 1. The van der Waals surface area contributed by atoms with Crippen molar-refractivity contribution in [1.29, 1.82) is 0 Å². The van der Waals surface area contributed by atoms with E-state index in [0.717, 1.165) is 4.88 Å². The Balaban J connectivity index is 1.76. The lowest BCUT2D eigenvalue weighted by atomic mass is 9.93. The molecule has 1 aliphatic rings. The van der Waals surface area contributed by atoms with Gasteiger partial charge in [-0.2, -0.15) is 0 Å². The maximum Gasteiger partial charge on any atom is 0.315 e. The summed E-state index contributed by atoms with van der Waals surface area (Å²) in [6, 6.07) is 3.13. The summed E-state index contributed by atoms with van der Waals surface area (Å²) in [5.41, 5.74) is 1.23. The van der Waals surface area contributed by atoms with Gasteiger partial charge in [-0.3, -0.25) is 0 Å². The Morgan fingerprint density at radius 2 is 2.31 bits per heavy atom. The van der Waals surface area contributed by atoms with Crippen molar-refractivity contribution in [2.45, 2.75) is 32.2 Å². The highest BCUT2D eigenvalue weighted by Gasteiger charge is 2.19. The van der Waals surface area contributed by atoms with Gasteiger partial charge in [0.1, 0.15) is 0 Å². The zero-order chi connectivity index (χ0) is 11.0. The summed E-state index contributed by atoms with van der Waals surface area (Å²) < 4.78 is 5.57. The van der Waals surface area contributed by atoms with Crippen molar-refractivity contribution in [3.8, 4) is 10.8 Å². The Morgan fingerprint density at radius 1 is 1.44 bits per heavy atom. The molecule has 0 amide bonds. The Hall–Kier alpha value is -1.36. The van der Waals surface area contributed by atoms with Gasteiger partial charge in [-0.1, -0.05) is 5.10 Å². The van der Waals surface area contributed by atoms with Crippen LogP contribution in [0.5, 0.6) is 0 Å². The monoisotopic (exact) mass is 235 g/mol. The number of anilines is 1. The van der Waals surface area contributed by atoms with Crippen LogP contribution < -0.4 is 5.32 Å². The lowest BCUT2D eigenvalue weighted by molar-refractivity contribution is 0.430. The first-order valence-corrected chi connectivity index (χ1v) is 6.35. The van der Waals surface area contributed by atoms with Gasteiger partial charge in [-0.25, -0.2) is 0 Å². The van der Waals surface area contributed by atoms with E-state index < -0.39 is 0 Å². The Morgan fingerprint density at radius 3 is 2.94 bits per heavy atom. The first-order valence-electron chi connectivity index (χ1n) is 5.47. The summed E-state index contributed by atoms with van der Waals surface area (Å²) in [6.45, 7) is 2.06. The van der Waals surface area contributed by atoms with E-state index in [1.54, 1.807) is 11.3 Å².